The molecular formula is C20H21F3N6O2. The lowest BCUT2D eigenvalue weighted by atomic mass is 10.2. The van der Waals surface area contributed by atoms with Crippen LogP contribution in [0.4, 0.5) is 24.5 Å². The molecule has 0 spiro atoms. The second kappa shape index (κ2) is 12.5. The van der Waals surface area contributed by atoms with E-state index in [1.54, 1.807) is 24.3 Å². The van der Waals surface area contributed by atoms with Gasteiger partial charge in [-0.1, -0.05) is 6.08 Å². The molecule has 31 heavy (non-hydrogen) atoms. The number of alkyl halides is 3. The van der Waals surface area contributed by atoms with Crippen LogP contribution >= 0.6 is 0 Å². The summed E-state index contributed by atoms with van der Waals surface area (Å²) in [5.41, 5.74) is 4.64. The molecule has 0 saturated heterocycles. The van der Waals surface area contributed by atoms with Gasteiger partial charge in [0.05, 0.1) is 46.9 Å². The van der Waals surface area contributed by atoms with Gasteiger partial charge >= 0.3 is 6.18 Å². The molecular weight excluding hydrogens is 413 g/mol. The first-order chi connectivity index (χ1) is 14.7. The minimum atomic E-state index is -4.82. The van der Waals surface area contributed by atoms with E-state index in [0.29, 0.717) is 24.9 Å². The summed E-state index contributed by atoms with van der Waals surface area (Å²) in [7, 11) is 0. The first-order valence-electron chi connectivity index (χ1n) is 9.09. The molecule has 8 nitrogen and oxygen atoms in total. The van der Waals surface area contributed by atoms with Gasteiger partial charge in [-0.2, -0.15) is 23.7 Å². The molecule has 0 unspecified atom stereocenters. The second-order valence-corrected chi connectivity index (χ2v) is 6.03. The highest BCUT2D eigenvalue weighted by Crippen LogP contribution is 2.29. The van der Waals surface area contributed by atoms with Crippen LogP contribution in [0.15, 0.2) is 60.0 Å². The first kappa shape index (κ1) is 25.0. The van der Waals surface area contributed by atoms with Gasteiger partial charge < -0.3 is 15.8 Å². The van der Waals surface area contributed by atoms with E-state index in [2.05, 4.69) is 10.9 Å². The van der Waals surface area contributed by atoms with Crippen LogP contribution in [0.5, 0.6) is 0 Å². The number of hydrogen-bond acceptors (Lipinski definition) is 7. The number of nitro groups is 1. The number of halogens is 3. The van der Waals surface area contributed by atoms with Crippen LogP contribution in [-0.4, -0.2) is 24.2 Å². The van der Waals surface area contributed by atoms with Crippen molar-refractivity contribution in [3.05, 3.63) is 70.1 Å². The Hall–Kier alpha value is -3.99. The van der Waals surface area contributed by atoms with Gasteiger partial charge in [0.15, 0.2) is 0 Å². The van der Waals surface area contributed by atoms with Gasteiger partial charge in [0.2, 0.25) is 6.20 Å². The Balaban J connectivity index is 3.05. The monoisotopic (exact) mass is 434 g/mol. The molecule has 0 bridgehead atoms. The zero-order chi connectivity index (χ0) is 23.3. The molecule has 0 heterocycles. The van der Waals surface area contributed by atoms with Crippen molar-refractivity contribution in [1.82, 2.24) is 5.43 Å². The predicted octanol–water partition coefficient (Wildman–Crippen LogP) is 4.42. The number of nitrogens with zero attached hydrogens (tertiary/aromatic N) is 4. The molecule has 1 aromatic rings. The van der Waals surface area contributed by atoms with E-state index in [9.17, 15) is 23.3 Å². The molecule has 11 heteroatoms. The van der Waals surface area contributed by atoms with Crippen molar-refractivity contribution < 1.29 is 18.1 Å². The first-order valence-corrected chi connectivity index (χ1v) is 9.09. The van der Waals surface area contributed by atoms with E-state index >= 15 is 0 Å². The lowest BCUT2D eigenvalue weighted by Gasteiger charge is -2.23. The standard InChI is InChI=1S/C20H21F3N6O2/c1-2-5-19(18(20(21,22)23)10-15-29(30)31)27-26-16-6-8-17(9-7-16)28(13-3-11-24)14-4-12-25/h2,5-10,15,26-27H,3-4,13-14H2,1H3/b5-2-,15-10+,19-18-. The third-order valence-electron chi connectivity index (χ3n) is 3.85. The third-order valence-corrected chi connectivity index (χ3v) is 3.85. The van der Waals surface area contributed by atoms with Crippen LogP contribution in [0.3, 0.4) is 0 Å². The van der Waals surface area contributed by atoms with Crippen LogP contribution in [-0.2, 0) is 0 Å². The zero-order valence-corrected chi connectivity index (χ0v) is 16.7. The van der Waals surface area contributed by atoms with Crippen molar-refractivity contribution in [3.63, 3.8) is 0 Å². The molecule has 0 radical (unpaired) electrons. The normalized spacial score (nSPS) is 12.2. The summed E-state index contributed by atoms with van der Waals surface area (Å²) in [4.78, 5) is 11.3. The molecule has 0 aliphatic heterocycles. The quantitative estimate of drug-likeness (QED) is 0.301. The molecule has 1 aromatic carbocycles. The average Bonchev–Trinajstić information content (AvgIpc) is 2.71. The SMILES string of the molecule is C\C=C/C(NNc1ccc(N(CCC#N)CCC#N)cc1)=C(\C=C\[N+](=O)[O-])C(F)(F)F. The Morgan fingerprint density at radius 3 is 2.19 bits per heavy atom. The van der Waals surface area contributed by atoms with Crippen LogP contribution in [0.25, 0.3) is 0 Å². The van der Waals surface area contributed by atoms with E-state index in [1.165, 1.54) is 13.0 Å². The number of hydrogen-bond donors (Lipinski definition) is 2. The van der Waals surface area contributed by atoms with Gasteiger partial charge in [-0.15, -0.1) is 0 Å². The van der Waals surface area contributed by atoms with E-state index in [0.717, 1.165) is 11.8 Å². The van der Waals surface area contributed by atoms with Crippen LogP contribution in [0.1, 0.15) is 19.8 Å². The Kier molecular flexibility index (Phi) is 10.1. The number of benzene rings is 1. The summed E-state index contributed by atoms with van der Waals surface area (Å²) in [6.45, 7) is 2.39. The van der Waals surface area contributed by atoms with Gasteiger partial charge in [0.25, 0.3) is 0 Å². The largest absolute Gasteiger partial charge is 0.418 e. The van der Waals surface area contributed by atoms with E-state index in [1.807, 2.05) is 17.0 Å². The van der Waals surface area contributed by atoms with E-state index < -0.39 is 22.4 Å². The van der Waals surface area contributed by atoms with Crippen molar-refractivity contribution in [2.24, 2.45) is 0 Å². The summed E-state index contributed by atoms with van der Waals surface area (Å²) in [5, 5.41) is 28.0. The van der Waals surface area contributed by atoms with Crippen molar-refractivity contribution in [2.75, 3.05) is 23.4 Å². The minimum absolute atomic E-state index is 0.222. The fraction of sp³-hybridized carbons (Fsp3) is 0.300. The Labute approximate surface area is 177 Å². The second-order valence-electron chi connectivity index (χ2n) is 6.03. The topological polar surface area (TPSA) is 118 Å². The Morgan fingerprint density at radius 2 is 1.74 bits per heavy atom. The number of rotatable bonds is 11. The van der Waals surface area contributed by atoms with Crippen molar-refractivity contribution >= 4 is 11.4 Å². The summed E-state index contributed by atoms with van der Waals surface area (Å²) in [6.07, 6.45) is -1.15. The maximum Gasteiger partial charge on any atom is 0.418 e. The molecule has 164 valence electrons. The fourth-order valence-electron chi connectivity index (χ4n) is 2.47. The van der Waals surface area contributed by atoms with E-state index in [-0.39, 0.29) is 19.0 Å². The predicted molar refractivity (Wildman–Crippen MR) is 110 cm³/mol. The molecule has 0 aliphatic rings. The molecule has 0 aliphatic carbocycles. The summed E-state index contributed by atoms with van der Waals surface area (Å²) in [5.74, 6) is 0. The summed E-state index contributed by atoms with van der Waals surface area (Å²) in [6, 6.07) is 10.7. The van der Waals surface area contributed by atoms with Crippen LogP contribution < -0.4 is 15.8 Å². The lowest BCUT2D eigenvalue weighted by molar-refractivity contribution is -0.402. The number of hydrazine groups is 1. The molecule has 0 aromatic heterocycles. The molecule has 2 N–H and O–H groups in total. The summed E-state index contributed by atoms with van der Waals surface area (Å²) < 4.78 is 40.0. The third kappa shape index (κ3) is 8.92. The van der Waals surface area contributed by atoms with Gasteiger partial charge in [0, 0.05) is 24.9 Å². The van der Waals surface area contributed by atoms with Crippen molar-refractivity contribution in [3.8, 4) is 12.1 Å². The average molecular weight is 434 g/mol. The Morgan fingerprint density at radius 1 is 1.16 bits per heavy atom. The number of anilines is 2. The van der Waals surface area contributed by atoms with Crippen LogP contribution in [0, 0.1) is 32.8 Å². The molecule has 0 amide bonds. The number of allylic oxidation sites excluding steroid dienone is 4. The molecule has 0 saturated carbocycles. The molecule has 0 atom stereocenters. The van der Waals surface area contributed by atoms with Gasteiger partial charge in [0.1, 0.15) is 0 Å². The van der Waals surface area contributed by atoms with Gasteiger partial charge in [-0.05, 0) is 37.3 Å². The number of nitrogens with one attached hydrogen (secondary N) is 2. The fourth-order valence-corrected chi connectivity index (χ4v) is 2.47. The maximum atomic E-state index is 13.3. The highest BCUT2D eigenvalue weighted by Gasteiger charge is 2.35. The maximum absolute atomic E-state index is 13.3. The van der Waals surface area contributed by atoms with Gasteiger partial charge in [-0.25, -0.2) is 0 Å². The Bertz CT molecular complexity index is 891. The van der Waals surface area contributed by atoms with Crippen molar-refractivity contribution in [1.29, 1.82) is 10.5 Å². The smallest absolute Gasteiger partial charge is 0.369 e. The minimum Gasteiger partial charge on any atom is -0.369 e. The van der Waals surface area contributed by atoms with Crippen molar-refractivity contribution in [2.45, 2.75) is 25.9 Å². The highest BCUT2D eigenvalue weighted by atomic mass is 19.4. The van der Waals surface area contributed by atoms with Gasteiger partial charge in [-0.3, -0.25) is 10.1 Å². The molecule has 0 fully saturated rings. The highest BCUT2D eigenvalue weighted by molar-refractivity contribution is 5.55. The van der Waals surface area contributed by atoms with Crippen LogP contribution in [0.2, 0.25) is 0 Å². The summed E-state index contributed by atoms with van der Waals surface area (Å²) >= 11 is 0. The van der Waals surface area contributed by atoms with E-state index in [4.69, 9.17) is 10.5 Å². The number of nitriles is 2. The zero-order valence-electron chi connectivity index (χ0n) is 16.7. The molecule has 1 rings (SSSR count). The lowest BCUT2D eigenvalue weighted by Crippen LogP contribution is -2.26.